The molecule has 0 spiro atoms. The molecule has 14 heteroatoms. The Labute approximate surface area is 185 Å². The summed E-state index contributed by atoms with van der Waals surface area (Å²) in [5, 5.41) is 6.04. The smallest absolute Gasteiger partial charge is 0.382 e. The molecule has 1 aliphatic rings. The van der Waals surface area contributed by atoms with Crippen molar-refractivity contribution < 1.29 is 35.9 Å². The average molecular weight is 482 g/mol. The zero-order valence-corrected chi connectivity index (χ0v) is 18.0. The second-order valence-corrected chi connectivity index (χ2v) is 8.62. The van der Waals surface area contributed by atoms with Gasteiger partial charge in [0.2, 0.25) is 0 Å². The van der Waals surface area contributed by atoms with E-state index in [9.17, 15) is 31.1 Å². The third-order valence-corrected chi connectivity index (χ3v) is 5.66. The van der Waals surface area contributed by atoms with Gasteiger partial charge < -0.3 is 20.7 Å². The number of ether oxygens (including phenoxy) is 1. The fraction of sp³-hybridized carbons (Fsp3) is 0.632. The van der Waals surface area contributed by atoms with Crippen molar-refractivity contribution in [1.29, 1.82) is 0 Å². The Kier molecular flexibility index (Phi) is 6.54. The number of carbonyl (C=O) groups is 1. The minimum absolute atomic E-state index is 0.108. The molecule has 2 unspecified atom stereocenters. The molecule has 2 amide bonds. The molecule has 0 saturated carbocycles. The first-order valence-corrected chi connectivity index (χ1v) is 9.94. The topological polar surface area (TPSA) is 97.8 Å². The first kappa shape index (κ1) is 25.0. The van der Waals surface area contributed by atoms with Gasteiger partial charge in [-0.1, -0.05) is 13.8 Å². The first-order valence-electron chi connectivity index (χ1n) is 9.94. The normalized spacial score (nSPS) is 19.8. The number of halogens is 6. The molecular formula is C19H24F6N6O2. The quantitative estimate of drug-likeness (QED) is 0.590. The molecule has 8 nitrogen and oxygen atoms in total. The van der Waals surface area contributed by atoms with Gasteiger partial charge in [-0.05, 0) is 12.5 Å². The summed E-state index contributed by atoms with van der Waals surface area (Å²) in [6, 6.07) is -3.36. The van der Waals surface area contributed by atoms with Gasteiger partial charge in [-0.25, -0.2) is 14.3 Å². The van der Waals surface area contributed by atoms with Crippen LogP contribution >= 0.6 is 0 Å². The number of hydrogen-bond donors (Lipinski definition) is 2. The van der Waals surface area contributed by atoms with Crippen LogP contribution in [-0.4, -0.2) is 64.2 Å². The van der Waals surface area contributed by atoms with Gasteiger partial charge in [0.25, 0.3) is 0 Å². The highest BCUT2D eigenvalue weighted by Crippen LogP contribution is 2.43. The number of rotatable bonds is 7. The van der Waals surface area contributed by atoms with Crippen LogP contribution in [0, 0.1) is 5.41 Å². The molecule has 0 bridgehead atoms. The van der Waals surface area contributed by atoms with Crippen molar-refractivity contribution in [3.63, 3.8) is 0 Å². The standard InChI is InChI=1S/C19H24F6N6O2/c1-17(2,19(23,24)25)5-11(26)12-7-31-15(28-12)4-10(6-27-31)13(9-33-3)30-8-14(18(20,21)22)29-16(30)32/h4,6-7,11,13-14H,5,8-9,26H2,1-3H3,(H,29,32)/t11?,13?,14-/m0/s1. The summed E-state index contributed by atoms with van der Waals surface area (Å²) >= 11 is 0. The number of aromatic nitrogens is 3. The molecule has 33 heavy (non-hydrogen) atoms. The van der Waals surface area contributed by atoms with E-state index in [4.69, 9.17) is 10.5 Å². The molecule has 3 N–H and O–H groups in total. The maximum Gasteiger partial charge on any atom is 0.410 e. The number of nitrogens with one attached hydrogen (secondary N) is 1. The van der Waals surface area contributed by atoms with E-state index >= 15 is 0 Å². The van der Waals surface area contributed by atoms with Crippen molar-refractivity contribution in [2.75, 3.05) is 20.3 Å². The van der Waals surface area contributed by atoms with Crippen LogP contribution in [0.25, 0.3) is 5.65 Å². The Morgan fingerprint density at radius 3 is 2.48 bits per heavy atom. The molecule has 1 saturated heterocycles. The second-order valence-electron chi connectivity index (χ2n) is 8.62. The lowest BCUT2D eigenvalue weighted by Crippen LogP contribution is -2.40. The maximum absolute atomic E-state index is 13.2. The Balaban J connectivity index is 1.87. The number of fused-ring (bicyclic) bond motifs is 1. The lowest BCUT2D eigenvalue weighted by atomic mass is 9.84. The molecule has 3 rings (SSSR count). The van der Waals surface area contributed by atoms with Crippen molar-refractivity contribution in [2.24, 2.45) is 11.1 Å². The van der Waals surface area contributed by atoms with E-state index < -0.39 is 54.9 Å². The third-order valence-electron chi connectivity index (χ3n) is 5.66. The number of nitrogens with zero attached hydrogens (tertiary/aromatic N) is 4. The molecule has 1 aliphatic heterocycles. The zero-order chi connectivity index (χ0) is 24.8. The largest absolute Gasteiger partial charge is 0.410 e. The van der Waals surface area contributed by atoms with Crippen molar-refractivity contribution in [2.45, 2.75) is 50.7 Å². The van der Waals surface area contributed by atoms with E-state index in [0.29, 0.717) is 5.56 Å². The number of urea groups is 1. The minimum atomic E-state index is -4.61. The van der Waals surface area contributed by atoms with E-state index in [2.05, 4.69) is 10.1 Å². The summed E-state index contributed by atoms with van der Waals surface area (Å²) in [4.78, 5) is 17.4. The summed E-state index contributed by atoms with van der Waals surface area (Å²) in [6.07, 6.45) is -6.74. The van der Waals surface area contributed by atoms with Crippen LogP contribution < -0.4 is 11.1 Å². The molecular weight excluding hydrogens is 458 g/mol. The molecule has 0 aromatic carbocycles. The van der Waals surface area contributed by atoms with Gasteiger partial charge in [0.1, 0.15) is 6.04 Å². The zero-order valence-electron chi connectivity index (χ0n) is 18.0. The number of carbonyl (C=O) groups excluding carboxylic acids is 1. The number of imidazole rings is 1. The minimum Gasteiger partial charge on any atom is -0.382 e. The van der Waals surface area contributed by atoms with Gasteiger partial charge >= 0.3 is 18.4 Å². The van der Waals surface area contributed by atoms with Crippen LogP contribution in [0.4, 0.5) is 31.1 Å². The van der Waals surface area contributed by atoms with Gasteiger partial charge in [0.05, 0.1) is 42.7 Å². The summed E-state index contributed by atoms with van der Waals surface area (Å²) in [5.74, 6) is 0. The van der Waals surface area contributed by atoms with E-state index in [-0.39, 0.29) is 17.9 Å². The Morgan fingerprint density at radius 2 is 1.94 bits per heavy atom. The SMILES string of the molecule is COCC(c1cnn2cc(C(N)CC(C)(C)C(F)(F)F)nc2c1)N1C[C@@H](C(F)(F)F)NC1=O. The fourth-order valence-electron chi connectivity index (χ4n) is 3.58. The van der Waals surface area contributed by atoms with Gasteiger partial charge in [-0.2, -0.15) is 31.4 Å². The number of hydrogen-bond acceptors (Lipinski definition) is 5. The predicted molar refractivity (Wildman–Crippen MR) is 104 cm³/mol. The number of nitrogens with two attached hydrogens (primary N) is 1. The van der Waals surface area contributed by atoms with Crippen LogP contribution in [0.2, 0.25) is 0 Å². The highest BCUT2D eigenvalue weighted by Gasteiger charge is 2.49. The van der Waals surface area contributed by atoms with Crippen molar-refractivity contribution in [1.82, 2.24) is 24.8 Å². The maximum atomic E-state index is 13.2. The van der Waals surface area contributed by atoms with Crippen molar-refractivity contribution in [3.05, 3.63) is 29.7 Å². The molecule has 3 atom stereocenters. The Bertz CT molecular complexity index is 1000. The molecule has 2 aromatic rings. The van der Waals surface area contributed by atoms with E-state index in [1.165, 1.54) is 30.1 Å². The molecule has 0 aliphatic carbocycles. The fourth-order valence-corrected chi connectivity index (χ4v) is 3.58. The number of amides is 2. The summed E-state index contributed by atoms with van der Waals surface area (Å²) in [5.41, 5.74) is 4.68. The summed E-state index contributed by atoms with van der Waals surface area (Å²) < 4.78 is 85.2. The molecule has 184 valence electrons. The van der Waals surface area contributed by atoms with Gasteiger partial charge in [0.15, 0.2) is 5.65 Å². The van der Waals surface area contributed by atoms with Gasteiger partial charge in [-0.15, -0.1) is 0 Å². The lowest BCUT2D eigenvalue weighted by Gasteiger charge is -2.29. The summed E-state index contributed by atoms with van der Waals surface area (Å²) in [6.45, 7) is 1.37. The monoisotopic (exact) mass is 482 g/mol. The van der Waals surface area contributed by atoms with E-state index in [1.54, 1.807) is 0 Å². The molecule has 0 radical (unpaired) electrons. The van der Waals surface area contributed by atoms with Crippen molar-refractivity contribution >= 4 is 11.7 Å². The van der Waals surface area contributed by atoms with E-state index in [0.717, 1.165) is 18.7 Å². The summed E-state index contributed by atoms with van der Waals surface area (Å²) in [7, 11) is 1.34. The van der Waals surface area contributed by atoms with Crippen molar-refractivity contribution in [3.8, 4) is 0 Å². The van der Waals surface area contributed by atoms with Crippen LogP contribution in [-0.2, 0) is 4.74 Å². The van der Waals surface area contributed by atoms with Crippen LogP contribution in [0.3, 0.4) is 0 Å². The number of methoxy groups -OCH3 is 1. The second kappa shape index (κ2) is 8.63. The van der Waals surface area contributed by atoms with Crippen LogP contribution in [0.5, 0.6) is 0 Å². The lowest BCUT2D eigenvalue weighted by molar-refractivity contribution is -0.215. The first-order chi connectivity index (χ1) is 15.1. The van der Waals surface area contributed by atoms with E-state index in [1.807, 2.05) is 5.32 Å². The molecule has 2 aromatic heterocycles. The highest BCUT2D eigenvalue weighted by atomic mass is 19.4. The predicted octanol–water partition coefficient (Wildman–Crippen LogP) is 3.35. The Hall–Kier alpha value is -2.61. The Morgan fingerprint density at radius 1 is 1.27 bits per heavy atom. The third kappa shape index (κ3) is 5.16. The highest BCUT2D eigenvalue weighted by molar-refractivity contribution is 5.77. The van der Waals surface area contributed by atoms with Gasteiger partial charge in [0, 0.05) is 18.7 Å². The van der Waals surface area contributed by atoms with Gasteiger partial charge in [-0.3, -0.25) is 0 Å². The molecule has 3 heterocycles. The van der Waals surface area contributed by atoms with Crippen LogP contribution in [0.15, 0.2) is 18.5 Å². The average Bonchev–Trinajstić information content (AvgIpc) is 3.27. The molecule has 1 fully saturated rings. The van der Waals surface area contributed by atoms with Crippen LogP contribution in [0.1, 0.15) is 43.6 Å². The number of alkyl halides is 6.